The molecule has 0 fully saturated rings. The molecule has 0 atom stereocenters. The predicted octanol–water partition coefficient (Wildman–Crippen LogP) is 2.29. The largest absolute Gasteiger partial charge is 0.388 e. The van der Waals surface area contributed by atoms with Gasteiger partial charge in [0.05, 0.1) is 12.1 Å². The Hall–Kier alpha value is -1.55. The lowest BCUT2D eigenvalue weighted by atomic mass is 9.98. The van der Waals surface area contributed by atoms with E-state index in [0.29, 0.717) is 13.1 Å². The van der Waals surface area contributed by atoms with Crippen molar-refractivity contribution in [3.63, 3.8) is 0 Å². The Morgan fingerprint density at radius 1 is 1.10 bits per heavy atom. The van der Waals surface area contributed by atoms with Gasteiger partial charge in [-0.3, -0.25) is 0 Å². The van der Waals surface area contributed by atoms with Crippen molar-refractivity contribution >= 4 is 5.96 Å². The zero-order valence-corrected chi connectivity index (χ0v) is 12.8. The average molecular weight is 277 g/mol. The number of hydrogen-bond donors (Lipinski definition) is 3. The molecule has 0 unspecified atom stereocenters. The van der Waals surface area contributed by atoms with Gasteiger partial charge in [-0.05, 0) is 25.3 Å². The fourth-order valence-corrected chi connectivity index (χ4v) is 1.84. The number of rotatable bonds is 7. The Balaban J connectivity index is 2.59. The summed E-state index contributed by atoms with van der Waals surface area (Å²) < 4.78 is 0. The minimum absolute atomic E-state index is 0.515. The lowest BCUT2D eigenvalue weighted by molar-refractivity contribution is 0.0367. The molecule has 0 aliphatic heterocycles. The molecule has 4 nitrogen and oxygen atoms in total. The summed E-state index contributed by atoms with van der Waals surface area (Å²) in [6, 6.07) is 10.1. The Kier molecular flexibility index (Phi) is 7.09. The van der Waals surface area contributed by atoms with Crippen LogP contribution in [0.4, 0.5) is 0 Å². The highest BCUT2D eigenvalue weighted by molar-refractivity contribution is 5.79. The summed E-state index contributed by atoms with van der Waals surface area (Å²) in [6.45, 7) is 7.98. The molecule has 0 spiro atoms. The van der Waals surface area contributed by atoms with Crippen LogP contribution in [0.3, 0.4) is 0 Å². The summed E-state index contributed by atoms with van der Waals surface area (Å²) in [5, 5.41) is 16.7. The molecule has 0 aliphatic rings. The first kappa shape index (κ1) is 16.5. The summed E-state index contributed by atoms with van der Waals surface area (Å²) in [4.78, 5) is 4.54. The zero-order chi connectivity index (χ0) is 14.8. The highest BCUT2D eigenvalue weighted by atomic mass is 16.3. The fourth-order valence-electron chi connectivity index (χ4n) is 1.84. The van der Waals surface area contributed by atoms with Crippen LogP contribution >= 0.6 is 0 Å². The first-order valence-corrected chi connectivity index (χ1v) is 7.42. The van der Waals surface area contributed by atoms with Crippen molar-refractivity contribution in [3.05, 3.63) is 35.9 Å². The quantitative estimate of drug-likeness (QED) is 0.529. The SMILES string of the molecule is CCNC(=NCc1ccccc1)NCC(O)(CC)CC. The number of aliphatic imine (C=N–C) groups is 1. The third-order valence-electron chi connectivity index (χ3n) is 3.51. The molecule has 0 aromatic heterocycles. The maximum absolute atomic E-state index is 10.3. The third kappa shape index (κ3) is 5.61. The van der Waals surface area contributed by atoms with Crippen molar-refractivity contribution in [2.45, 2.75) is 45.8 Å². The van der Waals surface area contributed by atoms with Crippen LogP contribution in [0.5, 0.6) is 0 Å². The van der Waals surface area contributed by atoms with Gasteiger partial charge in [0.15, 0.2) is 5.96 Å². The Labute approximate surface area is 122 Å². The standard InChI is InChI=1S/C16H27N3O/c1-4-16(20,5-2)13-19-15(17-6-3)18-12-14-10-8-7-9-11-14/h7-11,20H,4-6,12-13H2,1-3H3,(H2,17,18,19). The van der Waals surface area contributed by atoms with E-state index in [1.54, 1.807) is 0 Å². The normalized spacial score (nSPS) is 12.3. The molecule has 0 aliphatic carbocycles. The van der Waals surface area contributed by atoms with E-state index >= 15 is 0 Å². The van der Waals surface area contributed by atoms with Crippen molar-refractivity contribution in [1.29, 1.82) is 0 Å². The van der Waals surface area contributed by atoms with Crippen molar-refractivity contribution in [2.24, 2.45) is 4.99 Å². The van der Waals surface area contributed by atoms with E-state index in [0.717, 1.165) is 25.3 Å². The minimum Gasteiger partial charge on any atom is -0.388 e. The molecule has 3 N–H and O–H groups in total. The summed E-state index contributed by atoms with van der Waals surface area (Å²) >= 11 is 0. The fraction of sp³-hybridized carbons (Fsp3) is 0.562. The minimum atomic E-state index is -0.664. The number of benzene rings is 1. The van der Waals surface area contributed by atoms with E-state index in [1.807, 2.05) is 39.0 Å². The van der Waals surface area contributed by atoms with Crippen LogP contribution < -0.4 is 10.6 Å². The molecular formula is C16H27N3O. The molecule has 1 aromatic rings. The van der Waals surface area contributed by atoms with Crippen LogP contribution in [0.25, 0.3) is 0 Å². The first-order valence-electron chi connectivity index (χ1n) is 7.42. The number of aliphatic hydroxyl groups is 1. The lowest BCUT2D eigenvalue weighted by Gasteiger charge is -2.26. The highest BCUT2D eigenvalue weighted by Crippen LogP contribution is 2.12. The molecule has 1 rings (SSSR count). The van der Waals surface area contributed by atoms with Crippen LogP contribution in [0.1, 0.15) is 39.2 Å². The van der Waals surface area contributed by atoms with Crippen LogP contribution in [-0.4, -0.2) is 29.8 Å². The predicted molar refractivity (Wildman–Crippen MR) is 84.8 cm³/mol. The maximum Gasteiger partial charge on any atom is 0.191 e. The smallest absolute Gasteiger partial charge is 0.191 e. The van der Waals surface area contributed by atoms with Crippen molar-refractivity contribution in [1.82, 2.24) is 10.6 Å². The van der Waals surface area contributed by atoms with Crippen molar-refractivity contribution in [3.8, 4) is 0 Å². The van der Waals surface area contributed by atoms with Gasteiger partial charge in [-0.2, -0.15) is 0 Å². The zero-order valence-electron chi connectivity index (χ0n) is 12.8. The van der Waals surface area contributed by atoms with E-state index < -0.39 is 5.60 Å². The van der Waals surface area contributed by atoms with E-state index in [4.69, 9.17) is 0 Å². The van der Waals surface area contributed by atoms with Gasteiger partial charge in [-0.1, -0.05) is 44.2 Å². The molecule has 0 heterocycles. The molecule has 0 bridgehead atoms. The second kappa shape index (κ2) is 8.59. The Bertz CT molecular complexity index is 399. The third-order valence-corrected chi connectivity index (χ3v) is 3.51. The van der Waals surface area contributed by atoms with E-state index in [1.165, 1.54) is 5.56 Å². The molecule has 0 amide bonds. The molecule has 1 aromatic carbocycles. The second-order valence-corrected chi connectivity index (χ2v) is 4.97. The summed E-state index contributed by atoms with van der Waals surface area (Å²) in [5.74, 6) is 0.747. The molecule has 4 heteroatoms. The van der Waals surface area contributed by atoms with Gasteiger partial charge >= 0.3 is 0 Å². The Morgan fingerprint density at radius 3 is 2.30 bits per heavy atom. The number of hydrogen-bond acceptors (Lipinski definition) is 2. The van der Waals surface area contributed by atoms with Gasteiger partial charge in [0.1, 0.15) is 0 Å². The molecule has 20 heavy (non-hydrogen) atoms. The monoisotopic (exact) mass is 277 g/mol. The van der Waals surface area contributed by atoms with Gasteiger partial charge in [0, 0.05) is 13.1 Å². The average Bonchev–Trinajstić information content (AvgIpc) is 2.50. The van der Waals surface area contributed by atoms with Crippen LogP contribution in [0, 0.1) is 0 Å². The van der Waals surface area contributed by atoms with Crippen molar-refractivity contribution < 1.29 is 5.11 Å². The van der Waals surface area contributed by atoms with E-state index in [2.05, 4.69) is 27.8 Å². The van der Waals surface area contributed by atoms with Gasteiger partial charge in [-0.15, -0.1) is 0 Å². The number of guanidine groups is 1. The second-order valence-electron chi connectivity index (χ2n) is 4.97. The van der Waals surface area contributed by atoms with Gasteiger partial charge in [0.25, 0.3) is 0 Å². The molecule has 112 valence electrons. The van der Waals surface area contributed by atoms with E-state index in [-0.39, 0.29) is 0 Å². The van der Waals surface area contributed by atoms with Crippen LogP contribution in [0.2, 0.25) is 0 Å². The molecule has 0 radical (unpaired) electrons. The molecule has 0 saturated heterocycles. The summed E-state index contributed by atoms with van der Waals surface area (Å²) in [6.07, 6.45) is 1.46. The van der Waals surface area contributed by atoms with Crippen LogP contribution in [-0.2, 0) is 6.54 Å². The summed E-state index contributed by atoms with van der Waals surface area (Å²) in [5.41, 5.74) is 0.508. The lowest BCUT2D eigenvalue weighted by Crippen LogP contribution is -2.46. The molecule has 0 saturated carbocycles. The maximum atomic E-state index is 10.3. The summed E-state index contributed by atoms with van der Waals surface area (Å²) in [7, 11) is 0. The molecular weight excluding hydrogens is 250 g/mol. The van der Waals surface area contributed by atoms with Crippen molar-refractivity contribution in [2.75, 3.05) is 13.1 Å². The highest BCUT2D eigenvalue weighted by Gasteiger charge is 2.22. The number of nitrogens with zero attached hydrogens (tertiary/aromatic N) is 1. The van der Waals surface area contributed by atoms with Gasteiger partial charge in [0.2, 0.25) is 0 Å². The first-order chi connectivity index (χ1) is 9.63. The number of nitrogens with one attached hydrogen (secondary N) is 2. The van der Waals surface area contributed by atoms with E-state index in [9.17, 15) is 5.11 Å². The van der Waals surface area contributed by atoms with Crippen LogP contribution in [0.15, 0.2) is 35.3 Å². The topological polar surface area (TPSA) is 56.7 Å². The Morgan fingerprint density at radius 2 is 1.75 bits per heavy atom. The van der Waals surface area contributed by atoms with Gasteiger partial charge < -0.3 is 15.7 Å². The van der Waals surface area contributed by atoms with Gasteiger partial charge in [-0.25, -0.2) is 4.99 Å².